The van der Waals surface area contributed by atoms with Crippen molar-refractivity contribution < 1.29 is 19.1 Å². The zero-order valence-electron chi connectivity index (χ0n) is 14.9. The first kappa shape index (κ1) is 18.1. The molecule has 6 nitrogen and oxygen atoms in total. The number of nitrogens with zero attached hydrogens (tertiary/aromatic N) is 2. The van der Waals surface area contributed by atoms with Crippen molar-refractivity contribution in [2.75, 3.05) is 40.4 Å². The molecule has 1 fully saturated rings. The van der Waals surface area contributed by atoms with Crippen LogP contribution in [-0.2, 0) is 16.0 Å². The largest absolute Gasteiger partial charge is 0.496 e. The topological polar surface area (TPSA) is 59.1 Å². The van der Waals surface area contributed by atoms with Gasteiger partial charge in [-0.1, -0.05) is 6.07 Å². The molecule has 1 aromatic carbocycles. The van der Waals surface area contributed by atoms with Crippen LogP contribution >= 0.6 is 0 Å². The zero-order chi connectivity index (χ0) is 17.7. The highest BCUT2D eigenvalue weighted by atomic mass is 16.5. The number of hydrogen-bond acceptors (Lipinski definition) is 4. The number of carbonyl (C=O) groups is 2. The van der Waals surface area contributed by atoms with Crippen molar-refractivity contribution in [3.63, 3.8) is 0 Å². The predicted octanol–water partition coefficient (Wildman–Crippen LogP) is 2.16. The number of ether oxygens (including phenoxy) is 2. The summed E-state index contributed by atoms with van der Waals surface area (Å²) < 4.78 is 10.1. The minimum atomic E-state index is -0.328. The van der Waals surface area contributed by atoms with Crippen LogP contribution in [0.5, 0.6) is 5.75 Å². The van der Waals surface area contributed by atoms with Gasteiger partial charge in [0.25, 0.3) is 0 Å². The Balaban J connectivity index is 2.02. The molecule has 6 heteroatoms. The monoisotopic (exact) mass is 334 g/mol. The van der Waals surface area contributed by atoms with Gasteiger partial charge in [0, 0.05) is 26.2 Å². The summed E-state index contributed by atoms with van der Waals surface area (Å²) in [5, 5.41) is 0. The number of rotatable bonds is 3. The summed E-state index contributed by atoms with van der Waals surface area (Å²) in [5.41, 5.74) is 3.18. The summed E-state index contributed by atoms with van der Waals surface area (Å²) in [6.45, 7) is 6.36. The summed E-state index contributed by atoms with van der Waals surface area (Å²) in [7, 11) is 3.03. The van der Waals surface area contributed by atoms with Gasteiger partial charge in [-0.25, -0.2) is 4.79 Å². The Kier molecular flexibility index (Phi) is 6.06. The second kappa shape index (κ2) is 8.04. The van der Waals surface area contributed by atoms with Gasteiger partial charge in [-0.3, -0.25) is 4.79 Å². The van der Waals surface area contributed by atoms with E-state index in [0.717, 1.165) is 28.9 Å². The van der Waals surface area contributed by atoms with E-state index in [1.807, 2.05) is 30.9 Å². The fourth-order valence-corrected chi connectivity index (χ4v) is 3.02. The van der Waals surface area contributed by atoms with Crippen molar-refractivity contribution in [2.45, 2.75) is 26.7 Å². The summed E-state index contributed by atoms with van der Waals surface area (Å²) in [4.78, 5) is 27.7. The summed E-state index contributed by atoms with van der Waals surface area (Å²) >= 11 is 0. The maximum Gasteiger partial charge on any atom is 0.409 e. The summed E-state index contributed by atoms with van der Waals surface area (Å²) in [6.07, 6.45) is 0.807. The van der Waals surface area contributed by atoms with Crippen LogP contribution < -0.4 is 4.74 Å². The first-order chi connectivity index (χ1) is 11.5. The molecule has 0 spiro atoms. The fourth-order valence-electron chi connectivity index (χ4n) is 3.02. The normalized spacial score (nSPS) is 15.0. The first-order valence-corrected chi connectivity index (χ1v) is 8.21. The molecule has 1 aliphatic rings. The number of methoxy groups -OCH3 is 2. The van der Waals surface area contributed by atoms with Crippen LogP contribution in [-0.4, -0.2) is 62.2 Å². The van der Waals surface area contributed by atoms with Gasteiger partial charge in [0.15, 0.2) is 0 Å². The molecule has 1 heterocycles. The quantitative estimate of drug-likeness (QED) is 0.850. The highest BCUT2D eigenvalue weighted by molar-refractivity contribution is 5.79. The lowest BCUT2D eigenvalue weighted by molar-refractivity contribution is -0.130. The molecule has 0 saturated carbocycles. The Hall–Kier alpha value is -2.24. The van der Waals surface area contributed by atoms with E-state index in [1.165, 1.54) is 7.11 Å². The summed E-state index contributed by atoms with van der Waals surface area (Å²) in [6, 6.07) is 3.87. The van der Waals surface area contributed by atoms with E-state index in [-0.39, 0.29) is 12.0 Å². The Morgan fingerprint density at radius 1 is 1.00 bits per heavy atom. The molecule has 1 aliphatic heterocycles. The molecule has 1 saturated heterocycles. The van der Waals surface area contributed by atoms with E-state index in [9.17, 15) is 9.59 Å². The van der Waals surface area contributed by atoms with Gasteiger partial charge >= 0.3 is 6.09 Å². The second-order valence-corrected chi connectivity index (χ2v) is 6.05. The minimum Gasteiger partial charge on any atom is -0.496 e. The number of hydrogen-bond donors (Lipinski definition) is 0. The molecular weight excluding hydrogens is 308 g/mol. The Bertz CT molecular complexity index is 615. The van der Waals surface area contributed by atoms with E-state index in [2.05, 4.69) is 0 Å². The lowest BCUT2D eigenvalue weighted by Crippen LogP contribution is -2.38. The standard InChI is InChI=1S/C18H26N2O4/c1-13-14(2)16(23-3)7-6-15(13)12-17(21)19-8-5-9-20(11-10-19)18(22)24-4/h6-7H,5,8-12H2,1-4H3. The van der Waals surface area contributed by atoms with Gasteiger partial charge in [0.05, 0.1) is 20.6 Å². The number of amides is 2. The van der Waals surface area contributed by atoms with Crippen LogP contribution in [0, 0.1) is 13.8 Å². The Labute approximate surface area is 143 Å². The predicted molar refractivity (Wildman–Crippen MR) is 91.3 cm³/mol. The highest BCUT2D eigenvalue weighted by Crippen LogP contribution is 2.24. The third-order valence-corrected chi connectivity index (χ3v) is 4.69. The Morgan fingerprint density at radius 2 is 1.67 bits per heavy atom. The van der Waals surface area contributed by atoms with Crippen LogP contribution in [0.2, 0.25) is 0 Å². The lowest BCUT2D eigenvalue weighted by Gasteiger charge is -2.22. The molecule has 0 aliphatic carbocycles. The maximum absolute atomic E-state index is 12.6. The third-order valence-electron chi connectivity index (χ3n) is 4.69. The molecule has 1 aromatic rings. The van der Waals surface area contributed by atoms with E-state index in [1.54, 1.807) is 12.0 Å². The van der Waals surface area contributed by atoms with Crippen LogP contribution in [0.1, 0.15) is 23.1 Å². The van der Waals surface area contributed by atoms with Crippen molar-refractivity contribution in [1.82, 2.24) is 9.80 Å². The molecule has 0 N–H and O–H groups in total. The van der Waals surface area contributed by atoms with Crippen molar-refractivity contribution in [1.29, 1.82) is 0 Å². The van der Waals surface area contributed by atoms with Crippen LogP contribution in [0.15, 0.2) is 12.1 Å². The third kappa shape index (κ3) is 3.99. The van der Waals surface area contributed by atoms with Crippen molar-refractivity contribution in [2.24, 2.45) is 0 Å². The molecule has 0 atom stereocenters. The highest BCUT2D eigenvalue weighted by Gasteiger charge is 2.23. The SMILES string of the molecule is COC(=O)N1CCCN(C(=O)Cc2ccc(OC)c(C)c2C)CC1. The van der Waals surface area contributed by atoms with Gasteiger partial charge < -0.3 is 19.3 Å². The van der Waals surface area contributed by atoms with E-state index in [0.29, 0.717) is 32.6 Å². The van der Waals surface area contributed by atoms with Gasteiger partial charge in [-0.05, 0) is 43.0 Å². The summed E-state index contributed by atoms with van der Waals surface area (Å²) in [5.74, 6) is 0.932. The average Bonchev–Trinajstić information content (AvgIpc) is 2.84. The molecule has 0 radical (unpaired) electrons. The van der Waals surface area contributed by atoms with E-state index >= 15 is 0 Å². The number of benzene rings is 1. The molecule has 0 bridgehead atoms. The van der Waals surface area contributed by atoms with Crippen LogP contribution in [0.25, 0.3) is 0 Å². The second-order valence-electron chi connectivity index (χ2n) is 6.05. The first-order valence-electron chi connectivity index (χ1n) is 8.21. The van der Waals surface area contributed by atoms with Crippen molar-refractivity contribution >= 4 is 12.0 Å². The van der Waals surface area contributed by atoms with Crippen LogP contribution in [0.3, 0.4) is 0 Å². The Morgan fingerprint density at radius 3 is 2.33 bits per heavy atom. The molecule has 2 rings (SSSR count). The molecule has 24 heavy (non-hydrogen) atoms. The number of carbonyl (C=O) groups excluding carboxylic acids is 2. The molecule has 0 aromatic heterocycles. The van der Waals surface area contributed by atoms with Crippen LogP contribution in [0.4, 0.5) is 4.79 Å². The van der Waals surface area contributed by atoms with Gasteiger partial charge in [0.1, 0.15) is 5.75 Å². The van der Waals surface area contributed by atoms with Gasteiger partial charge in [-0.2, -0.15) is 0 Å². The molecule has 132 valence electrons. The smallest absolute Gasteiger partial charge is 0.409 e. The lowest BCUT2D eigenvalue weighted by atomic mass is 9.99. The zero-order valence-corrected chi connectivity index (χ0v) is 14.9. The molecule has 2 amide bonds. The van der Waals surface area contributed by atoms with E-state index < -0.39 is 0 Å². The fraction of sp³-hybridized carbons (Fsp3) is 0.556. The average molecular weight is 334 g/mol. The van der Waals surface area contributed by atoms with Crippen molar-refractivity contribution in [3.05, 3.63) is 28.8 Å². The van der Waals surface area contributed by atoms with Gasteiger partial charge in [-0.15, -0.1) is 0 Å². The molecule has 0 unspecified atom stereocenters. The van der Waals surface area contributed by atoms with Gasteiger partial charge in [0.2, 0.25) is 5.91 Å². The molecular formula is C18H26N2O4. The minimum absolute atomic E-state index is 0.0920. The van der Waals surface area contributed by atoms with Crippen molar-refractivity contribution in [3.8, 4) is 5.75 Å². The maximum atomic E-state index is 12.6. The van der Waals surface area contributed by atoms with E-state index in [4.69, 9.17) is 9.47 Å².